The topological polar surface area (TPSA) is 110 Å². The van der Waals surface area contributed by atoms with Gasteiger partial charge in [-0.05, 0) is 41.3 Å². The molecular weight excluding hydrogens is 731 g/mol. The van der Waals surface area contributed by atoms with E-state index in [1.165, 1.54) is 18.2 Å². The number of hydrogen-bond donors (Lipinski definition) is 0. The molecule has 6 rings (SSSR count). The van der Waals surface area contributed by atoms with Gasteiger partial charge in [0.05, 0.1) is 44.5 Å². The van der Waals surface area contributed by atoms with Crippen molar-refractivity contribution in [3.8, 4) is 0 Å². The lowest BCUT2D eigenvalue weighted by Crippen LogP contribution is -2.62. The molecule has 1 saturated heterocycles. The molecule has 0 aliphatic carbocycles. The van der Waals surface area contributed by atoms with Crippen LogP contribution in [0.4, 0.5) is 4.79 Å². The molecule has 1 aliphatic rings. The monoisotopic (exact) mass is 777 g/mol. The minimum Gasteiger partial charge on any atom is -0.416 e. The van der Waals surface area contributed by atoms with E-state index in [9.17, 15) is 13.2 Å². The molecule has 0 spiro atoms. The summed E-state index contributed by atoms with van der Waals surface area (Å²) in [4.78, 5) is 14.1. The molecule has 0 unspecified atom stereocenters. The number of rotatable bonds is 18. The minimum absolute atomic E-state index is 0.0248. The zero-order valence-corrected chi connectivity index (χ0v) is 32.1. The van der Waals surface area contributed by atoms with Crippen LogP contribution < -0.4 is 0 Å². The predicted molar refractivity (Wildman–Crippen MR) is 212 cm³/mol. The summed E-state index contributed by atoms with van der Waals surface area (Å²) in [6.45, 7) is 5.99. The zero-order valence-electron chi connectivity index (χ0n) is 31.3. The van der Waals surface area contributed by atoms with Crippen LogP contribution in [0.2, 0.25) is 0 Å². The molecular formula is C45H47NO9S. The Labute approximate surface area is 329 Å². The Bertz CT molecular complexity index is 2050. The lowest BCUT2D eigenvalue weighted by atomic mass is 9.97. The van der Waals surface area contributed by atoms with Gasteiger partial charge in [-0.1, -0.05) is 145 Å². The highest BCUT2D eigenvalue weighted by Crippen LogP contribution is 2.32. The Balaban J connectivity index is 1.36. The second-order valence-electron chi connectivity index (χ2n) is 13.3. The highest BCUT2D eigenvalue weighted by molar-refractivity contribution is 7.89. The van der Waals surface area contributed by atoms with Gasteiger partial charge in [0, 0.05) is 0 Å². The molecule has 11 heteroatoms. The van der Waals surface area contributed by atoms with E-state index in [0.29, 0.717) is 4.31 Å². The molecule has 292 valence electrons. The smallest absolute Gasteiger partial charge is 0.416 e. The van der Waals surface area contributed by atoms with Crippen molar-refractivity contribution in [2.45, 2.75) is 69.0 Å². The number of carbonyl (C=O) groups excluding carboxylic acids is 1. The van der Waals surface area contributed by atoms with Crippen molar-refractivity contribution < 1.29 is 41.6 Å². The van der Waals surface area contributed by atoms with E-state index in [2.05, 4.69) is 6.58 Å². The largest absolute Gasteiger partial charge is 0.426 e. The van der Waals surface area contributed by atoms with Crippen molar-refractivity contribution in [2.75, 3.05) is 13.2 Å². The minimum atomic E-state index is -4.36. The number of amides is 1. The Morgan fingerprint density at radius 3 is 1.57 bits per heavy atom. The molecule has 0 N–H and O–H groups in total. The number of carbonyl (C=O) groups is 1. The van der Waals surface area contributed by atoms with Crippen molar-refractivity contribution in [1.82, 2.24) is 4.31 Å². The summed E-state index contributed by atoms with van der Waals surface area (Å²) in [5.74, 6) is 0. The van der Waals surface area contributed by atoms with Crippen molar-refractivity contribution in [1.29, 1.82) is 0 Å². The van der Waals surface area contributed by atoms with Crippen LogP contribution in [0.15, 0.2) is 163 Å². The maximum Gasteiger partial charge on any atom is 0.426 e. The molecule has 5 aromatic rings. The van der Waals surface area contributed by atoms with Gasteiger partial charge in [-0.15, -0.1) is 6.58 Å². The summed E-state index contributed by atoms with van der Waals surface area (Å²) in [5.41, 5.74) is 4.49. The molecule has 1 fully saturated rings. The standard InChI is InChI=1S/C45H47NO9S/c1-3-28-46(56(48,49)39-26-24-34(2)25-27-39)45(47)55-44-43(53-32-38-22-14-7-15-23-38)42(52-31-37-20-12-6-13-21-37)41(51-30-36-18-10-5-11-19-36)40(54-44)33-50-29-35-16-8-4-9-17-35/h3-27,40-44H,1,28-33H2,2H3/t40-,41+,42+,43-,44+/m1/s1. The van der Waals surface area contributed by atoms with Crippen molar-refractivity contribution >= 4 is 16.1 Å². The maximum absolute atomic E-state index is 14.1. The molecule has 10 nitrogen and oxygen atoms in total. The van der Waals surface area contributed by atoms with Gasteiger partial charge in [0.25, 0.3) is 10.0 Å². The summed E-state index contributed by atoms with van der Waals surface area (Å²) in [7, 11) is -4.36. The Hall–Kier alpha value is -5.14. The highest BCUT2D eigenvalue weighted by atomic mass is 32.2. The van der Waals surface area contributed by atoms with E-state index >= 15 is 0 Å². The summed E-state index contributed by atoms with van der Waals surface area (Å²) in [6, 6.07) is 44.8. The number of benzene rings is 5. The van der Waals surface area contributed by atoms with Crippen LogP contribution in [-0.2, 0) is 64.9 Å². The quantitative estimate of drug-likeness (QED) is 0.0818. The van der Waals surface area contributed by atoms with Crippen LogP contribution in [0.5, 0.6) is 0 Å². The first-order chi connectivity index (χ1) is 27.3. The third-order valence-corrected chi connectivity index (χ3v) is 10.9. The first-order valence-corrected chi connectivity index (χ1v) is 19.9. The van der Waals surface area contributed by atoms with Gasteiger partial charge in [0.1, 0.15) is 24.4 Å². The number of nitrogens with zero attached hydrogens (tertiary/aromatic N) is 1. The molecule has 0 saturated carbocycles. The summed E-state index contributed by atoms with van der Waals surface area (Å²) in [6.07, 6.45) is -4.90. The number of ether oxygens (including phenoxy) is 6. The maximum atomic E-state index is 14.1. The Morgan fingerprint density at radius 1 is 0.643 bits per heavy atom. The third kappa shape index (κ3) is 11.0. The third-order valence-electron chi connectivity index (χ3n) is 9.17. The van der Waals surface area contributed by atoms with Crippen LogP contribution in [-0.4, -0.2) is 62.7 Å². The Kier molecular flexibility index (Phi) is 14.6. The fourth-order valence-electron chi connectivity index (χ4n) is 6.23. The highest BCUT2D eigenvalue weighted by Gasteiger charge is 2.51. The first kappa shape index (κ1) is 40.5. The molecule has 1 amide bonds. The molecule has 56 heavy (non-hydrogen) atoms. The normalized spacial score (nSPS) is 19.6. The lowest BCUT2D eigenvalue weighted by Gasteiger charge is -2.45. The van der Waals surface area contributed by atoms with Crippen LogP contribution in [0.1, 0.15) is 27.8 Å². The second-order valence-corrected chi connectivity index (χ2v) is 15.2. The molecule has 5 atom stereocenters. The molecule has 1 aliphatic heterocycles. The average Bonchev–Trinajstić information content (AvgIpc) is 3.22. The number of aryl methyl sites for hydroxylation is 1. The van der Waals surface area contributed by atoms with Gasteiger partial charge < -0.3 is 28.4 Å². The van der Waals surface area contributed by atoms with Gasteiger partial charge in [-0.25, -0.2) is 13.2 Å². The van der Waals surface area contributed by atoms with Crippen LogP contribution in [0, 0.1) is 6.92 Å². The molecule has 5 aromatic carbocycles. The van der Waals surface area contributed by atoms with Gasteiger partial charge in [-0.3, -0.25) is 0 Å². The van der Waals surface area contributed by atoms with E-state index < -0.39 is 46.8 Å². The second kappa shape index (κ2) is 20.1. The molecule has 1 heterocycles. The van der Waals surface area contributed by atoms with Crippen molar-refractivity contribution in [3.63, 3.8) is 0 Å². The lowest BCUT2D eigenvalue weighted by molar-refractivity contribution is -0.316. The van der Waals surface area contributed by atoms with E-state index in [4.69, 9.17) is 28.4 Å². The van der Waals surface area contributed by atoms with E-state index in [1.54, 1.807) is 12.1 Å². The Morgan fingerprint density at radius 2 is 1.09 bits per heavy atom. The van der Waals surface area contributed by atoms with Gasteiger partial charge in [-0.2, -0.15) is 4.31 Å². The van der Waals surface area contributed by atoms with Crippen molar-refractivity contribution in [2.24, 2.45) is 0 Å². The average molecular weight is 778 g/mol. The van der Waals surface area contributed by atoms with Gasteiger partial charge >= 0.3 is 6.09 Å². The SMILES string of the molecule is C=CCN(C(=O)O[C@@H]1O[C@H](COCc2ccccc2)[C@H](OCc2ccccc2)[C@H](OCc2ccccc2)[C@H]1OCc1ccccc1)S(=O)(=O)c1ccc(C)cc1. The zero-order chi connectivity index (χ0) is 39.2. The summed E-state index contributed by atoms with van der Waals surface area (Å²) >= 11 is 0. The molecule has 0 bridgehead atoms. The molecule has 0 aromatic heterocycles. The fraction of sp³-hybridized carbons (Fsp3) is 0.267. The van der Waals surface area contributed by atoms with Crippen LogP contribution >= 0.6 is 0 Å². The summed E-state index contributed by atoms with van der Waals surface area (Å²) in [5, 5.41) is 0. The number of sulfonamides is 1. The van der Waals surface area contributed by atoms with Gasteiger partial charge in [0.15, 0.2) is 0 Å². The van der Waals surface area contributed by atoms with Gasteiger partial charge in [0.2, 0.25) is 6.29 Å². The predicted octanol–water partition coefficient (Wildman–Crippen LogP) is 8.01. The van der Waals surface area contributed by atoms with E-state index in [-0.39, 0.29) is 44.5 Å². The first-order valence-electron chi connectivity index (χ1n) is 18.5. The van der Waals surface area contributed by atoms with Crippen molar-refractivity contribution in [3.05, 3.63) is 186 Å². The molecule has 0 radical (unpaired) electrons. The van der Waals surface area contributed by atoms with E-state index in [1.807, 2.05) is 128 Å². The summed E-state index contributed by atoms with van der Waals surface area (Å²) < 4.78 is 67.2. The fourth-order valence-corrected chi connectivity index (χ4v) is 7.50. The van der Waals surface area contributed by atoms with Crippen LogP contribution in [0.25, 0.3) is 0 Å². The van der Waals surface area contributed by atoms with Crippen LogP contribution in [0.3, 0.4) is 0 Å². The number of hydrogen-bond acceptors (Lipinski definition) is 9. The van der Waals surface area contributed by atoms with E-state index in [0.717, 1.165) is 27.8 Å².